The van der Waals surface area contributed by atoms with Gasteiger partial charge in [0.2, 0.25) is 0 Å². The normalized spacial score (nSPS) is 15.2. The number of aromatic nitrogens is 2. The molecule has 6 nitrogen and oxygen atoms in total. The molecule has 1 aliphatic heterocycles. The fourth-order valence-corrected chi connectivity index (χ4v) is 2.27. The van der Waals surface area contributed by atoms with Gasteiger partial charge in [0.25, 0.3) is 5.69 Å². The largest absolute Gasteiger partial charge is 0.330 e. The molecule has 3 rings (SSSR count). The van der Waals surface area contributed by atoms with Crippen LogP contribution in [-0.2, 0) is 6.54 Å². The highest BCUT2D eigenvalue weighted by molar-refractivity contribution is 5.34. The maximum Gasteiger partial charge on any atom is 0.269 e. The lowest BCUT2D eigenvalue weighted by Gasteiger charge is -2.27. The summed E-state index contributed by atoms with van der Waals surface area (Å²) in [5.41, 5.74) is 2.23. The fraction of sp³-hybridized carbons (Fsp3) is 0.308. The molecule has 1 aliphatic rings. The Morgan fingerprint density at radius 2 is 2.32 bits per heavy atom. The van der Waals surface area contributed by atoms with E-state index in [2.05, 4.69) is 14.9 Å². The molecular formula is C13H14N4O2. The van der Waals surface area contributed by atoms with Crippen LogP contribution in [0.3, 0.4) is 0 Å². The van der Waals surface area contributed by atoms with Gasteiger partial charge in [-0.15, -0.1) is 0 Å². The molecule has 0 radical (unpaired) electrons. The average Bonchev–Trinajstić information content (AvgIpc) is 2.75. The van der Waals surface area contributed by atoms with Crippen molar-refractivity contribution in [2.45, 2.75) is 12.5 Å². The summed E-state index contributed by atoms with van der Waals surface area (Å²) < 4.78 is 2.06. The Hall–Kier alpha value is -2.21. The van der Waals surface area contributed by atoms with Crippen molar-refractivity contribution in [3.63, 3.8) is 0 Å². The number of nitro benzene ring substituents is 1. The quantitative estimate of drug-likeness (QED) is 0.666. The predicted octanol–water partition coefficient (Wildman–Crippen LogP) is 1.53. The van der Waals surface area contributed by atoms with Crippen LogP contribution >= 0.6 is 0 Å². The Kier molecular flexibility index (Phi) is 3.00. The first kappa shape index (κ1) is 11.9. The molecular weight excluding hydrogens is 244 g/mol. The molecule has 0 unspecified atom stereocenters. The smallest absolute Gasteiger partial charge is 0.269 e. The molecule has 0 spiro atoms. The second kappa shape index (κ2) is 4.81. The maximum absolute atomic E-state index is 10.8. The predicted molar refractivity (Wildman–Crippen MR) is 70.0 cm³/mol. The van der Waals surface area contributed by atoms with E-state index in [1.54, 1.807) is 18.5 Å². The summed E-state index contributed by atoms with van der Waals surface area (Å²) in [6, 6.07) is 6.74. The Balaban J connectivity index is 1.83. The van der Waals surface area contributed by atoms with E-state index >= 15 is 0 Å². The van der Waals surface area contributed by atoms with E-state index in [1.807, 2.05) is 12.3 Å². The van der Waals surface area contributed by atoms with Crippen LogP contribution in [0.2, 0.25) is 0 Å². The van der Waals surface area contributed by atoms with E-state index in [0.717, 1.165) is 18.7 Å². The molecule has 2 heterocycles. The molecule has 0 saturated carbocycles. The minimum absolute atomic E-state index is 0.129. The van der Waals surface area contributed by atoms with Crippen molar-refractivity contribution in [3.8, 4) is 0 Å². The third kappa shape index (κ3) is 2.34. The second-order valence-electron chi connectivity index (χ2n) is 4.73. The number of nitro groups is 1. The number of non-ortho nitro benzene ring substituents is 1. The van der Waals surface area contributed by atoms with Crippen molar-refractivity contribution < 1.29 is 4.92 Å². The highest BCUT2D eigenvalue weighted by atomic mass is 16.6. The molecule has 1 fully saturated rings. The number of hydrogen-bond acceptors (Lipinski definition) is 4. The van der Waals surface area contributed by atoms with Gasteiger partial charge in [-0.2, -0.15) is 0 Å². The summed E-state index contributed by atoms with van der Waals surface area (Å²) in [4.78, 5) is 14.6. The highest BCUT2D eigenvalue weighted by Gasteiger charge is 2.22. The van der Waals surface area contributed by atoms with Gasteiger partial charge in [0, 0.05) is 49.6 Å². The van der Waals surface area contributed by atoms with Crippen molar-refractivity contribution in [2.75, 3.05) is 13.1 Å². The van der Waals surface area contributed by atoms with Crippen LogP contribution in [0.4, 0.5) is 5.69 Å². The van der Waals surface area contributed by atoms with Crippen LogP contribution < -0.4 is 5.32 Å². The topological polar surface area (TPSA) is 73.0 Å². The highest BCUT2D eigenvalue weighted by Crippen LogP contribution is 2.21. The van der Waals surface area contributed by atoms with Gasteiger partial charge in [-0.25, -0.2) is 4.98 Å². The van der Waals surface area contributed by atoms with Gasteiger partial charge in [-0.3, -0.25) is 10.1 Å². The first-order valence-electron chi connectivity index (χ1n) is 6.18. The zero-order chi connectivity index (χ0) is 13.2. The lowest BCUT2D eigenvalue weighted by Crippen LogP contribution is -2.40. The minimum Gasteiger partial charge on any atom is -0.330 e. The van der Waals surface area contributed by atoms with E-state index in [0.29, 0.717) is 12.5 Å². The molecule has 19 heavy (non-hydrogen) atoms. The first-order chi connectivity index (χ1) is 9.24. The molecule has 1 aromatic carbocycles. The van der Waals surface area contributed by atoms with E-state index in [-0.39, 0.29) is 10.6 Å². The third-order valence-corrected chi connectivity index (χ3v) is 3.42. The van der Waals surface area contributed by atoms with Crippen molar-refractivity contribution in [1.29, 1.82) is 0 Å². The number of benzene rings is 1. The van der Waals surface area contributed by atoms with Crippen molar-refractivity contribution in [2.24, 2.45) is 0 Å². The standard InChI is InChI=1S/C13H14N4O2/c18-17(19)12-3-1-2-10(4-12)8-16-9-15-7-13(16)11-5-14-6-11/h1-4,7,9,11,14H,5-6,8H2. The molecule has 98 valence electrons. The summed E-state index contributed by atoms with van der Waals surface area (Å²) in [6.45, 7) is 2.56. The van der Waals surface area contributed by atoms with Gasteiger partial charge >= 0.3 is 0 Å². The van der Waals surface area contributed by atoms with Crippen LogP contribution in [0.1, 0.15) is 17.2 Å². The Morgan fingerprint density at radius 3 is 3.00 bits per heavy atom. The summed E-state index contributed by atoms with van der Waals surface area (Å²) in [5, 5.41) is 14.0. The number of rotatable bonds is 4. The lowest BCUT2D eigenvalue weighted by atomic mass is 10.00. The molecule has 0 atom stereocenters. The number of nitrogens with zero attached hydrogens (tertiary/aromatic N) is 3. The van der Waals surface area contributed by atoms with Gasteiger partial charge in [-0.05, 0) is 5.56 Å². The molecule has 2 aromatic rings. The molecule has 0 bridgehead atoms. The average molecular weight is 258 g/mol. The Bertz CT molecular complexity index is 604. The van der Waals surface area contributed by atoms with E-state index < -0.39 is 0 Å². The zero-order valence-corrected chi connectivity index (χ0v) is 10.3. The van der Waals surface area contributed by atoms with Gasteiger partial charge in [0.1, 0.15) is 0 Å². The molecule has 1 aromatic heterocycles. The van der Waals surface area contributed by atoms with Gasteiger partial charge in [0.05, 0.1) is 11.3 Å². The van der Waals surface area contributed by atoms with Crippen LogP contribution in [-0.4, -0.2) is 27.6 Å². The maximum atomic E-state index is 10.8. The summed E-state index contributed by atoms with van der Waals surface area (Å²) in [5.74, 6) is 0.501. The van der Waals surface area contributed by atoms with Gasteiger partial charge in [0.15, 0.2) is 0 Å². The monoisotopic (exact) mass is 258 g/mol. The van der Waals surface area contributed by atoms with E-state index in [1.165, 1.54) is 11.8 Å². The number of imidazole rings is 1. The summed E-state index contributed by atoms with van der Waals surface area (Å²) in [7, 11) is 0. The third-order valence-electron chi connectivity index (χ3n) is 3.42. The van der Waals surface area contributed by atoms with Crippen LogP contribution in [0.5, 0.6) is 0 Å². The number of hydrogen-bond donors (Lipinski definition) is 1. The van der Waals surface area contributed by atoms with E-state index in [9.17, 15) is 10.1 Å². The fourth-order valence-electron chi connectivity index (χ4n) is 2.27. The van der Waals surface area contributed by atoms with E-state index in [4.69, 9.17) is 0 Å². The van der Waals surface area contributed by atoms with Crippen LogP contribution in [0.15, 0.2) is 36.8 Å². The Morgan fingerprint density at radius 1 is 1.47 bits per heavy atom. The van der Waals surface area contributed by atoms with Crippen molar-refractivity contribution in [1.82, 2.24) is 14.9 Å². The first-order valence-corrected chi connectivity index (χ1v) is 6.18. The molecule has 0 aliphatic carbocycles. The SMILES string of the molecule is O=[N+]([O-])c1cccc(Cn2cncc2C2CNC2)c1. The summed E-state index contributed by atoms with van der Waals surface area (Å²) >= 11 is 0. The minimum atomic E-state index is -0.367. The van der Waals surface area contributed by atoms with Crippen LogP contribution in [0.25, 0.3) is 0 Å². The van der Waals surface area contributed by atoms with Gasteiger partial charge < -0.3 is 9.88 Å². The summed E-state index contributed by atoms with van der Waals surface area (Å²) in [6.07, 6.45) is 3.66. The van der Waals surface area contributed by atoms with Crippen molar-refractivity contribution in [3.05, 3.63) is 58.2 Å². The number of nitrogens with one attached hydrogen (secondary N) is 1. The molecule has 1 N–H and O–H groups in total. The Labute approximate surface area is 110 Å². The molecule has 6 heteroatoms. The van der Waals surface area contributed by atoms with Gasteiger partial charge in [-0.1, -0.05) is 12.1 Å². The molecule has 1 saturated heterocycles. The van der Waals surface area contributed by atoms with Crippen molar-refractivity contribution >= 4 is 5.69 Å². The second-order valence-corrected chi connectivity index (χ2v) is 4.73. The molecule has 0 amide bonds. The lowest BCUT2D eigenvalue weighted by molar-refractivity contribution is -0.384. The van der Waals surface area contributed by atoms with Crippen LogP contribution in [0, 0.1) is 10.1 Å². The zero-order valence-electron chi connectivity index (χ0n) is 10.3.